The summed E-state index contributed by atoms with van der Waals surface area (Å²) in [6.07, 6.45) is 2.18. The monoisotopic (exact) mass is 446 g/mol. The highest BCUT2D eigenvalue weighted by Gasteiger charge is 2.48. The number of ether oxygens (including phenoxy) is 1. The molecule has 0 saturated carbocycles. The maximum Gasteiger partial charge on any atom is 0.253 e. The van der Waals surface area contributed by atoms with E-state index in [1.54, 1.807) is 12.0 Å². The summed E-state index contributed by atoms with van der Waals surface area (Å²) in [4.78, 5) is 29.9. The number of hydrogen-bond donors (Lipinski definition) is 0. The van der Waals surface area contributed by atoms with Crippen molar-refractivity contribution in [3.05, 3.63) is 47.5 Å². The van der Waals surface area contributed by atoms with Gasteiger partial charge in [0.2, 0.25) is 5.91 Å². The van der Waals surface area contributed by atoms with Crippen molar-refractivity contribution in [3.8, 4) is 11.8 Å². The molecule has 2 amide bonds. The molecule has 2 saturated heterocycles. The summed E-state index contributed by atoms with van der Waals surface area (Å²) >= 11 is 0. The Morgan fingerprint density at radius 2 is 1.76 bits per heavy atom. The average Bonchev–Trinajstić information content (AvgIpc) is 2.80. The second kappa shape index (κ2) is 8.83. The van der Waals surface area contributed by atoms with Gasteiger partial charge >= 0.3 is 0 Å². The summed E-state index contributed by atoms with van der Waals surface area (Å²) in [6.45, 7) is 8.11. The lowest BCUT2D eigenvalue weighted by molar-refractivity contribution is -0.155. The van der Waals surface area contributed by atoms with Gasteiger partial charge in [-0.25, -0.2) is 0 Å². The topological polar surface area (TPSA) is 49.9 Å². The van der Waals surface area contributed by atoms with Crippen molar-refractivity contribution in [1.82, 2.24) is 9.80 Å². The number of likely N-dealkylation sites (tertiary alicyclic amines) is 2. The summed E-state index contributed by atoms with van der Waals surface area (Å²) in [5, 5.41) is 2.11. The quantitative estimate of drug-likeness (QED) is 0.645. The van der Waals surface area contributed by atoms with E-state index in [1.165, 1.54) is 0 Å². The molecule has 0 N–H and O–H groups in total. The van der Waals surface area contributed by atoms with Gasteiger partial charge in [-0.1, -0.05) is 24.0 Å². The van der Waals surface area contributed by atoms with Crippen LogP contribution in [0.25, 0.3) is 10.8 Å². The zero-order valence-electron chi connectivity index (χ0n) is 20.4. The third-order valence-corrected chi connectivity index (χ3v) is 6.91. The van der Waals surface area contributed by atoms with Crippen molar-refractivity contribution >= 4 is 22.6 Å². The standard InChI is InChI=1S/C28H34N2O3/c1-27(2,3)11-10-20-6-7-22-17-23(9-8-21(22)16-20)25(31)30-14-12-28(13-15-30)18-24(33-5)19-29(4)26(28)32/h6-9,16-17,24H,12-15,18-19H2,1-5H3. The minimum Gasteiger partial charge on any atom is -0.380 e. The van der Waals surface area contributed by atoms with Crippen LogP contribution in [0.5, 0.6) is 0 Å². The number of likely N-dealkylation sites (N-methyl/N-ethyl adjacent to an activating group) is 1. The first-order chi connectivity index (χ1) is 15.6. The van der Waals surface area contributed by atoms with Gasteiger partial charge in [-0.3, -0.25) is 9.59 Å². The number of rotatable bonds is 2. The molecule has 0 radical (unpaired) electrons. The summed E-state index contributed by atoms with van der Waals surface area (Å²) in [6, 6.07) is 12.0. The Bertz CT molecular complexity index is 1130. The summed E-state index contributed by atoms with van der Waals surface area (Å²) in [5.41, 5.74) is 1.22. The molecule has 2 heterocycles. The van der Waals surface area contributed by atoms with E-state index in [2.05, 4.69) is 38.7 Å². The van der Waals surface area contributed by atoms with Gasteiger partial charge in [0.25, 0.3) is 5.91 Å². The molecule has 0 aromatic heterocycles. The molecule has 33 heavy (non-hydrogen) atoms. The first-order valence-corrected chi connectivity index (χ1v) is 11.7. The summed E-state index contributed by atoms with van der Waals surface area (Å²) in [7, 11) is 3.56. The Morgan fingerprint density at radius 3 is 2.42 bits per heavy atom. The molecule has 1 atom stereocenters. The van der Waals surface area contributed by atoms with Crippen LogP contribution in [0.4, 0.5) is 0 Å². The lowest BCUT2D eigenvalue weighted by atomic mass is 9.71. The maximum absolute atomic E-state index is 13.2. The Morgan fingerprint density at radius 1 is 1.09 bits per heavy atom. The van der Waals surface area contributed by atoms with Crippen LogP contribution in [0.3, 0.4) is 0 Å². The van der Waals surface area contributed by atoms with Crippen LogP contribution in [0.1, 0.15) is 56.0 Å². The van der Waals surface area contributed by atoms with Crippen molar-refractivity contribution in [1.29, 1.82) is 0 Å². The number of methoxy groups -OCH3 is 1. The van der Waals surface area contributed by atoms with Gasteiger partial charge < -0.3 is 14.5 Å². The fraction of sp³-hybridized carbons (Fsp3) is 0.500. The number of benzene rings is 2. The summed E-state index contributed by atoms with van der Waals surface area (Å²) < 4.78 is 5.58. The van der Waals surface area contributed by atoms with Gasteiger partial charge in [-0.05, 0) is 75.1 Å². The molecule has 2 fully saturated rings. The van der Waals surface area contributed by atoms with Gasteiger partial charge in [-0.15, -0.1) is 0 Å². The van der Waals surface area contributed by atoms with E-state index in [0.717, 1.165) is 22.8 Å². The van der Waals surface area contributed by atoms with Crippen molar-refractivity contribution in [2.24, 2.45) is 10.8 Å². The van der Waals surface area contributed by atoms with Crippen molar-refractivity contribution < 1.29 is 14.3 Å². The fourth-order valence-electron chi connectivity index (χ4n) is 4.99. The number of hydrogen-bond acceptors (Lipinski definition) is 3. The molecule has 1 unspecified atom stereocenters. The average molecular weight is 447 g/mol. The highest BCUT2D eigenvalue weighted by atomic mass is 16.5. The lowest BCUT2D eigenvalue weighted by Crippen LogP contribution is -2.57. The van der Waals surface area contributed by atoms with Crippen LogP contribution in [0.15, 0.2) is 36.4 Å². The van der Waals surface area contributed by atoms with E-state index < -0.39 is 5.41 Å². The van der Waals surface area contributed by atoms with E-state index in [4.69, 9.17) is 4.74 Å². The summed E-state index contributed by atoms with van der Waals surface area (Å²) in [5.74, 6) is 6.73. The van der Waals surface area contributed by atoms with E-state index in [1.807, 2.05) is 42.3 Å². The minimum absolute atomic E-state index is 0.0308. The normalized spacial score (nSPS) is 20.6. The second-order valence-corrected chi connectivity index (χ2v) is 10.6. The van der Waals surface area contributed by atoms with Crippen LogP contribution >= 0.6 is 0 Å². The third kappa shape index (κ3) is 4.91. The van der Waals surface area contributed by atoms with Crippen LogP contribution < -0.4 is 0 Å². The van der Waals surface area contributed by atoms with Gasteiger partial charge in [-0.2, -0.15) is 0 Å². The number of carbonyl (C=O) groups is 2. The van der Waals surface area contributed by atoms with Crippen LogP contribution in [0, 0.1) is 22.7 Å². The SMILES string of the molecule is COC1CN(C)C(=O)C2(CCN(C(=O)c3ccc4cc(C#CC(C)(C)C)ccc4c3)CC2)C1. The molecule has 5 heteroatoms. The molecular weight excluding hydrogens is 412 g/mol. The van der Waals surface area contributed by atoms with E-state index in [-0.39, 0.29) is 23.3 Å². The van der Waals surface area contributed by atoms with Gasteiger partial charge in [0, 0.05) is 50.3 Å². The van der Waals surface area contributed by atoms with Crippen LogP contribution in [-0.2, 0) is 9.53 Å². The Kier molecular flexibility index (Phi) is 6.24. The van der Waals surface area contributed by atoms with Gasteiger partial charge in [0.05, 0.1) is 11.5 Å². The molecule has 0 bridgehead atoms. The number of nitrogens with zero attached hydrogens (tertiary/aromatic N) is 2. The van der Waals surface area contributed by atoms with E-state index in [9.17, 15) is 9.59 Å². The molecule has 0 aliphatic carbocycles. The maximum atomic E-state index is 13.2. The molecule has 4 rings (SSSR count). The molecule has 2 aliphatic rings. The molecule has 2 aromatic carbocycles. The molecule has 174 valence electrons. The first kappa shape index (κ1) is 23.3. The highest BCUT2D eigenvalue weighted by molar-refractivity contribution is 5.99. The van der Waals surface area contributed by atoms with Gasteiger partial charge in [0.15, 0.2) is 0 Å². The molecule has 1 spiro atoms. The molecular formula is C28H34N2O3. The van der Waals surface area contributed by atoms with E-state index in [0.29, 0.717) is 38.0 Å². The number of piperidine rings is 2. The number of fused-ring (bicyclic) bond motifs is 1. The highest BCUT2D eigenvalue weighted by Crippen LogP contribution is 2.41. The van der Waals surface area contributed by atoms with E-state index >= 15 is 0 Å². The number of amides is 2. The van der Waals surface area contributed by atoms with Crippen LogP contribution in [0.2, 0.25) is 0 Å². The second-order valence-electron chi connectivity index (χ2n) is 10.6. The van der Waals surface area contributed by atoms with Crippen molar-refractivity contribution in [3.63, 3.8) is 0 Å². The largest absolute Gasteiger partial charge is 0.380 e. The van der Waals surface area contributed by atoms with Crippen LogP contribution in [-0.4, -0.2) is 61.5 Å². The fourth-order valence-corrected chi connectivity index (χ4v) is 4.99. The minimum atomic E-state index is -0.404. The first-order valence-electron chi connectivity index (χ1n) is 11.7. The third-order valence-electron chi connectivity index (χ3n) is 6.91. The van der Waals surface area contributed by atoms with Crippen molar-refractivity contribution in [2.45, 2.75) is 46.1 Å². The zero-order valence-corrected chi connectivity index (χ0v) is 20.4. The molecule has 2 aromatic rings. The Balaban J connectivity index is 1.48. The van der Waals surface area contributed by atoms with Gasteiger partial charge in [0.1, 0.15) is 0 Å². The predicted octanol–water partition coefficient (Wildman–Crippen LogP) is 4.34. The predicted molar refractivity (Wildman–Crippen MR) is 131 cm³/mol. The molecule has 2 aliphatic heterocycles. The Labute approximate surface area is 197 Å². The Hall–Kier alpha value is -2.84. The zero-order chi connectivity index (χ0) is 23.8. The molecule has 5 nitrogen and oxygen atoms in total. The lowest BCUT2D eigenvalue weighted by Gasteiger charge is -2.47. The van der Waals surface area contributed by atoms with Crippen molar-refractivity contribution in [2.75, 3.05) is 33.8 Å². The number of carbonyl (C=O) groups excluding carboxylic acids is 2. The smallest absolute Gasteiger partial charge is 0.253 e.